The van der Waals surface area contributed by atoms with Crippen LogP contribution in [-0.4, -0.2) is 47.7 Å². The number of oxime groups is 1. The summed E-state index contributed by atoms with van der Waals surface area (Å²) in [6.45, 7) is 0.990. The van der Waals surface area contributed by atoms with Crippen LogP contribution in [0.2, 0.25) is 0 Å². The topological polar surface area (TPSA) is 71.0 Å². The van der Waals surface area contributed by atoms with E-state index in [0.717, 1.165) is 17.7 Å². The fraction of sp³-hybridized carbons (Fsp3) is 0.500. The van der Waals surface area contributed by atoms with E-state index in [0.29, 0.717) is 24.8 Å². The molecule has 3 heterocycles. The van der Waals surface area contributed by atoms with Gasteiger partial charge in [0.15, 0.2) is 11.8 Å². The summed E-state index contributed by atoms with van der Waals surface area (Å²) in [4.78, 5) is 32.3. The quantitative estimate of drug-likeness (QED) is 0.900. The molecule has 4 rings (SSSR count). The molecule has 1 N–H and O–H groups in total. The van der Waals surface area contributed by atoms with Crippen LogP contribution in [0.25, 0.3) is 0 Å². The first-order valence-electron chi connectivity index (χ1n) is 7.10. The number of nitrogens with one attached hydrogen (secondary N) is 1. The predicted octanol–water partition coefficient (Wildman–Crippen LogP) is 0.853. The normalized spacial score (nSPS) is 27.0. The molecule has 110 valence electrons. The van der Waals surface area contributed by atoms with Gasteiger partial charge in [-0.25, -0.2) is 0 Å². The third-order valence-electron chi connectivity index (χ3n) is 4.07. The summed E-state index contributed by atoms with van der Waals surface area (Å²) < 4.78 is 0. The molecule has 1 aromatic rings. The van der Waals surface area contributed by atoms with E-state index in [1.807, 2.05) is 17.5 Å². The second-order valence-corrected chi connectivity index (χ2v) is 6.61. The molecule has 21 heavy (non-hydrogen) atoms. The Morgan fingerprint density at radius 2 is 2.24 bits per heavy atom. The summed E-state index contributed by atoms with van der Waals surface area (Å²) >= 11 is 1.43. The van der Waals surface area contributed by atoms with E-state index in [2.05, 4.69) is 10.5 Å². The Morgan fingerprint density at radius 3 is 2.95 bits per heavy atom. The van der Waals surface area contributed by atoms with Crippen molar-refractivity contribution < 1.29 is 14.4 Å². The Hall–Kier alpha value is -1.89. The molecular formula is C14H15N3O3S. The third kappa shape index (κ3) is 2.31. The molecular weight excluding hydrogens is 290 g/mol. The highest BCUT2D eigenvalue weighted by atomic mass is 32.1. The van der Waals surface area contributed by atoms with E-state index >= 15 is 0 Å². The molecule has 2 amide bonds. The number of carbonyl (C=O) groups is 2. The van der Waals surface area contributed by atoms with Crippen molar-refractivity contribution in [3.05, 3.63) is 22.4 Å². The van der Waals surface area contributed by atoms with Gasteiger partial charge in [0, 0.05) is 12.6 Å². The Morgan fingerprint density at radius 1 is 1.38 bits per heavy atom. The molecule has 2 atom stereocenters. The van der Waals surface area contributed by atoms with E-state index in [9.17, 15) is 9.59 Å². The van der Waals surface area contributed by atoms with Gasteiger partial charge in [-0.1, -0.05) is 11.2 Å². The monoisotopic (exact) mass is 305 g/mol. The van der Waals surface area contributed by atoms with Crippen LogP contribution in [0.4, 0.5) is 0 Å². The summed E-state index contributed by atoms with van der Waals surface area (Å²) in [7, 11) is 0. The van der Waals surface area contributed by atoms with Crippen molar-refractivity contribution in [2.24, 2.45) is 11.1 Å². The van der Waals surface area contributed by atoms with Crippen molar-refractivity contribution in [1.82, 2.24) is 10.2 Å². The maximum atomic E-state index is 12.3. The largest absolute Gasteiger partial charge is 0.389 e. The van der Waals surface area contributed by atoms with E-state index in [4.69, 9.17) is 4.84 Å². The van der Waals surface area contributed by atoms with Crippen LogP contribution >= 0.6 is 11.3 Å². The molecule has 1 saturated heterocycles. The molecule has 0 spiro atoms. The van der Waals surface area contributed by atoms with Gasteiger partial charge in [-0.3, -0.25) is 9.59 Å². The van der Waals surface area contributed by atoms with E-state index in [1.165, 1.54) is 11.3 Å². The van der Waals surface area contributed by atoms with Gasteiger partial charge in [-0.2, -0.15) is 0 Å². The minimum Gasteiger partial charge on any atom is -0.389 e. The number of hydrogen-bond donors (Lipinski definition) is 1. The fourth-order valence-corrected chi connectivity index (χ4v) is 3.45. The molecule has 0 radical (unpaired) electrons. The average molecular weight is 305 g/mol. The van der Waals surface area contributed by atoms with Crippen molar-refractivity contribution in [2.75, 3.05) is 13.1 Å². The van der Waals surface area contributed by atoms with E-state index in [-0.39, 0.29) is 23.8 Å². The molecule has 0 bridgehead atoms. The number of likely N-dealkylation sites (tertiary alicyclic amines) is 1. The molecule has 0 aromatic carbocycles. The standard InChI is InChI=1S/C14H15N3O3S/c18-13(15-8-3-4-8)12-9-6-17(7-10(9)20-16-12)14(19)11-2-1-5-21-11/h1-2,5,8-10H,3-4,6-7H2,(H,15,18)/t9-,10+/m0/s1. The lowest BCUT2D eigenvalue weighted by Crippen LogP contribution is -2.38. The second kappa shape index (κ2) is 4.84. The zero-order chi connectivity index (χ0) is 14.4. The lowest BCUT2D eigenvalue weighted by atomic mass is 10.0. The van der Waals surface area contributed by atoms with Crippen LogP contribution < -0.4 is 5.32 Å². The Balaban J connectivity index is 1.44. The van der Waals surface area contributed by atoms with Crippen LogP contribution in [0, 0.1) is 5.92 Å². The first kappa shape index (κ1) is 12.8. The zero-order valence-electron chi connectivity index (χ0n) is 11.3. The van der Waals surface area contributed by atoms with E-state index in [1.54, 1.807) is 4.90 Å². The van der Waals surface area contributed by atoms with Gasteiger partial charge in [-0.15, -0.1) is 11.3 Å². The molecule has 1 aliphatic carbocycles. The molecule has 1 saturated carbocycles. The fourth-order valence-electron chi connectivity index (χ4n) is 2.75. The average Bonchev–Trinajstić information content (AvgIpc) is 2.94. The van der Waals surface area contributed by atoms with Crippen molar-refractivity contribution in [2.45, 2.75) is 25.0 Å². The molecule has 0 unspecified atom stereocenters. The minimum atomic E-state index is -0.186. The summed E-state index contributed by atoms with van der Waals surface area (Å²) in [5.74, 6) is -0.243. The summed E-state index contributed by atoms with van der Waals surface area (Å²) in [5.41, 5.74) is 0.438. The van der Waals surface area contributed by atoms with Gasteiger partial charge in [0.2, 0.25) is 0 Å². The van der Waals surface area contributed by atoms with E-state index < -0.39 is 0 Å². The molecule has 6 nitrogen and oxygen atoms in total. The number of thiophene rings is 1. The highest BCUT2D eigenvalue weighted by molar-refractivity contribution is 7.12. The molecule has 1 aromatic heterocycles. The summed E-state index contributed by atoms with van der Waals surface area (Å²) in [6, 6.07) is 3.97. The van der Waals surface area contributed by atoms with Gasteiger partial charge in [0.1, 0.15) is 0 Å². The van der Waals surface area contributed by atoms with Crippen LogP contribution in [0.1, 0.15) is 22.5 Å². The van der Waals surface area contributed by atoms with Gasteiger partial charge < -0.3 is 15.1 Å². The number of carbonyl (C=O) groups excluding carboxylic acids is 2. The molecule has 7 heteroatoms. The number of amides is 2. The first-order chi connectivity index (χ1) is 10.2. The maximum Gasteiger partial charge on any atom is 0.269 e. The minimum absolute atomic E-state index is 0.00458. The number of nitrogens with zero attached hydrogens (tertiary/aromatic N) is 2. The third-order valence-corrected chi connectivity index (χ3v) is 4.93. The van der Waals surface area contributed by atoms with Crippen LogP contribution in [-0.2, 0) is 9.63 Å². The lowest BCUT2D eigenvalue weighted by Gasteiger charge is -2.15. The van der Waals surface area contributed by atoms with Gasteiger partial charge in [0.25, 0.3) is 11.8 Å². The molecule has 2 fully saturated rings. The Bertz CT molecular complexity index is 609. The van der Waals surface area contributed by atoms with Crippen molar-refractivity contribution in [1.29, 1.82) is 0 Å². The Labute approximate surface area is 125 Å². The second-order valence-electron chi connectivity index (χ2n) is 5.66. The predicted molar refractivity (Wildman–Crippen MR) is 77.2 cm³/mol. The number of fused-ring (bicyclic) bond motifs is 1. The zero-order valence-corrected chi connectivity index (χ0v) is 12.1. The van der Waals surface area contributed by atoms with Crippen LogP contribution in [0.15, 0.2) is 22.7 Å². The van der Waals surface area contributed by atoms with Gasteiger partial charge in [0.05, 0.1) is 17.3 Å². The van der Waals surface area contributed by atoms with Crippen molar-refractivity contribution >= 4 is 28.9 Å². The molecule has 2 aliphatic heterocycles. The first-order valence-corrected chi connectivity index (χ1v) is 7.97. The van der Waals surface area contributed by atoms with Gasteiger partial charge >= 0.3 is 0 Å². The SMILES string of the molecule is O=C(NC1CC1)C1=NO[C@@H]2CN(C(=O)c3cccs3)C[C@H]12. The Kier molecular flexibility index (Phi) is 2.95. The summed E-state index contributed by atoms with van der Waals surface area (Å²) in [6.07, 6.45) is 1.89. The van der Waals surface area contributed by atoms with Crippen molar-refractivity contribution in [3.8, 4) is 0 Å². The number of hydrogen-bond acceptors (Lipinski definition) is 5. The summed E-state index contributed by atoms with van der Waals surface area (Å²) in [5, 5.41) is 8.74. The van der Waals surface area contributed by atoms with Crippen molar-refractivity contribution in [3.63, 3.8) is 0 Å². The smallest absolute Gasteiger partial charge is 0.269 e. The van der Waals surface area contributed by atoms with Crippen LogP contribution in [0.5, 0.6) is 0 Å². The number of rotatable bonds is 3. The maximum absolute atomic E-state index is 12.3. The highest BCUT2D eigenvalue weighted by Crippen LogP contribution is 2.29. The lowest BCUT2D eigenvalue weighted by molar-refractivity contribution is -0.115. The van der Waals surface area contributed by atoms with Crippen LogP contribution in [0.3, 0.4) is 0 Å². The highest BCUT2D eigenvalue weighted by Gasteiger charge is 2.47. The molecule has 3 aliphatic rings. The van der Waals surface area contributed by atoms with Gasteiger partial charge in [-0.05, 0) is 24.3 Å².